The first kappa shape index (κ1) is 21.5. The van der Waals surface area contributed by atoms with Crippen LogP contribution in [0.4, 0.5) is 0 Å². The maximum absolute atomic E-state index is 10.6. The van der Waals surface area contributed by atoms with Crippen LogP contribution in [0.25, 0.3) is 0 Å². The van der Waals surface area contributed by atoms with Crippen LogP contribution in [0.3, 0.4) is 0 Å². The summed E-state index contributed by atoms with van der Waals surface area (Å²) in [5, 5.41) is 0. The molecule has 18 heavy (non-hydrogen) atoms. The van der Waals surface area contributed by atoms with Gasteiger partial charge >= 0.3 is 5.97 Å². The molecule has 0 radical (unpaired) electrons. The molecule has 8 nitrogen and oxygen atoms in total. The van der Waals surface area contributed by atoms with Crippen LogP contribution in [-0.4, -0.2) is 23.5 Å². The molecule has 0 atom stereocenters. The molecule has 1 rings (SSSR count). The van der Waals surface area contributed by atoms with E-state index in [1.165, 1.54) is 0 Å². The standard InChI is InChI=1S/C9H8O2.2H3N.H2O4S/c1-2-9(10)11-8-6-4-3-5-7-8;;;1-5(2,3)4/h2-7H,1H2;2*1H3;(H2,1,2,3,4). The van der Waals surface area contributed by atoms with Gasteiger partial charge in [0.2, 0.25) is 0 Å². The summed E-state index contributed by atoms with van der Waals surface area (Å²) in [4.78, 5) is 10.6. The first-order chi connectivity index (χ1) is 7.33. The van der Waals surface area contributed by atoms with Gasteiger partial charge in [-0.2, -0.15) is 0 Å². The summed E-state index contributed by atoms with van der Waals surface area (Å²) in [6.45, 7) is 3.28. The Morgan fingerprint density at radius 2 is 1.56 bits per heavy atom. The quantitative estimate of drug-likeness (QED) is 0.270. The molecule has 0 saturated heterocycles. The fourth-order valence-electron chi connectivity index (χ4n) is 0.646. The van der Waals surface area contributed by atoms with E-state index in [1.54, 1.807) is 24.3 Å². The Morgan fingerprint density at radius 3 is 1.89 bits per heavy atom. The molecule has 0 saturated carbocycles. The van der Waals surface area contributed by atoms with Gasteiger partial charge in [0, 0.05) is 16.5 Å². The fraction of sp³-hybridized carbons (Fsp3) is 0. The highest BCUT2D eigenvalue weighted by atomic mass is 32.3. The highest BCUT2D eigenvalue weighted by molar-refractivity contribution is 7.79. The Balaban J connectivity index is -0.000000282. The van der Waals surface area contributed by atoms with E-state index in [0.717, 1.165) is 6.08 Å². The normalized spacial score (nSPS) is 8.56. The Kier molecular flexibility index (Phi) is 12.4. The molecule has 1 aromatic rings. The monoisotopic (exact) mass is 280 g/mol. The van der Waals surface area contributed by atoms with E-state index in [4.69, 9.17) is 22.3 Å². The molecule has 104 valence electrons. The van der Waals surface area contributed by atoms with Gasteiger partial charge in [0.15, 0.2) is 0 Å². The highest BCUT2D eigenvalue weighted by Crippen LogP contribution is 2.07. The lowest BCUT2D eigenvalue weighted by Gasteiger charge is -2.06. The zero-order valence-electron chi connectivity index (χ0n) is 10.0. The van der Waals surface area contributed by atoms with Gasteiger partial charge in [0.25, 0.3) is 0 Å². The Hall–Kier alpha value is -1.78. The molecule has 0 aliphatic rings. The second kappa shape index (κ2) is 10.4. The molecule has 1 aromatic carbocycles. The summed E-state index contributed by atoms with van der Waals surface area (Å²) in [6, 6.07) is 8.87. The number of para-hydroxylation sites is 1. The Labute approximate surface area is 105 Å². The molecule has 8 N–H and O–H groups in total. The van der Waals surface area contributed by atoms with Crippen molar-refractivity contribution in [1.82, 2.24) is 12.3 Å². The number of hydrogen-bond acceptors (Lipinski definition) is 6. The molecule has 0 fully saturated rings. The van der Waals surface area contributed by atoms with Gasteiger partial charge in [-0.15, -0.1) is 0 Å². The van der Waals surface area contributed by atoms with E-state index < -0.39 is 16.4 Å². The van der Waals surface area contributed by atoms with E-state index in [-0.39, 0.29) is 12.3 Å². The summed E-state index contributed by atoms with van der Waals surface area (Å²) in [7, 11) is -5.17. The van der Waals surface area contributed by atoms with Gasteiger partial charge in [-0.25, -0.2) is 4.79 Å². The summed E-state index contributed by atoms with van der Waals surface area (Å²) >= 11 is 0. The van der Waals surface area contributed by atoms with Crippen molar-refractivity contribution in [3.8, 4) is 5.75 Å². The number of carbonyl (C=O) groups excluding carboxylic acids is 1. The molecular weight excluding hydrogens is 264 g/mol. The number of carbonyl (C=O) groups is 1. The number of esters is 1. The first-order valence-corrected chi connectivity index (χ1v) is 5.22. The minimum atomic E-state index is -5.17. The van der Waals surface area contributed by atoms with Crippen molar-refractivity contribution in [2.45, 2.75) is 0 Å². The van der Waals surface area contributed by atoms with E-state index in [1.807, 2.05) is 6.07 Å². The van der Waals surface area contributed by atoms with Crippen LogP contribution in [0.5, 0.6) is 5.75 Å². The van der Waals surface area contributed by atoms with Crippen molar-refractivity contribution < 1.29 is 27.1 Å². The van der Waals surface area contributed by atoms with E-state index in [9.17, 15) is 4.79 Å². The number of ether oxygens (including phenoxy) is 1. The SMILES string of the molecule is C=CC(=O)Oc1ccccc1.O=S(=O)([O-])[O-].[NH4+].[NH4+]. The van der Waals surface area contributed by atoms with Crippen LogP contribution >= 0.6 is 0 Å². The third-order valence-corrected chi connectivity index (χ3v) is 1.13. The second-order valence-electron chi connectivity index (χ2n) is 2.35. The molecule has 0 unspecified atom stereocenters. The van der Waals surface area contributed by atoms with Crippen LogP contribution in [0.15, 0.2) is 43.0 Å². The predicted molar refractivity (Wildman–Crippen MR) is 64.7 cm³/mol. The molecule has 0 spiro atoms. The first-order valence-electron chi connectivity index (χ1n) is 3.89. The van der Waals surface area contributed by atoms with Crippen molar-refractivity contribution in [3.05, 3.63) is 43.0 Å². The third kappa shape index (κ3) is 16.6. The lowest BCUT2D eigenvalue weighted by Crippen LogP contribution is -2.02. The highest BCUT2D eigenvalue weighted by Gasteiger charge is 1.95. The molecular formula is C9H16N2O6S. The average molecular weight is 280 g/mol. The van der Waals surface area contributed by atoms with Gasteiger partial charge < -0.3 is 26.1 Å². The minimum absolute atomic E-state index is 0. The van der Waals surface area contributed by atoms with Crippen molar-refractivity contribution >= 4 is 16.4 Å². The predicted octanol–water partition coefficient (Wildman–Crippen LogP) is 1.19. The Bertz CT molecular complexity index is 437. The van der Waals surface area contributed by atoms with Crippen molar-refractivity contribution in [2.24, 2.45) is 0 Å². The van der Waals surface area contributed by atoms with Gasteiger partial charge in [0.05, 0.1) is 0 Å². The van der Waals surface area contributed by atoms with E-state index >= 15 is 0 Å². The zero-order chi connectivity index (χ0) is 12.6. The third-order valence-electron chi connectivity index (χ3n) is 1.13. The van der Waals surface area contributed by atoms with Gasteiger partial charge in [0.1, 0.15) is 5.75 Å². The number of hydrogen-bond donors (Lipinski definition) is 2. The fourth-order valence-corrected chi connectivity index (χ4v) is 0.646. The van der Waals surface area contributed by atoms with Gasteiger partial charge in [-0.1, -0.05) is 24.8 Å². The molecule has 9 heteroatoms. The number of rotatable bonds is 2. The van der Waals surface area contributed by atoms with Crippen molar-refractivity contribution in [1.29, 1.82) is 0 Å². The summed E-state index contributed by atoms with van der Waals surface area (Å²) in [5.41, 5.74) is 0. The summed E-state index contributed by atoms with van der Waals surface area (Å²) < 4.78 is 38.9. The molecule has 0 aromatic heterocycles. The topological polar surface area (TPSA) is 180 Å². The van der Waals surface area contributed by atoms with Gasteiger partial charge in [-0.05, 0) is 12.1 Å². The number of benzene rings is 1. The molecule has 0 bridgehead atoms. The van der Waals surface area contributed by atoms with E-state index in [2.05, 4.69) is 6.58 Å². The summed E-state index contributed by atoms with van der Waals surface area (Å²) in [5.74, 6) is 0.105. The van der Waals surface area contributed by atoms with E-state index in [0.29, 0.717) is 5.75 Å². The molecule has 0 aliphatic carbocycles. The zero-order valence-corrected chi connectivity index (χ0v) is 10.8. The molecule has 0 heterocycles. The van der Waals surface area contributed by atoms with Crippen molar-refractivity contribution in [2.75, 3.05) is 0 Å². The van der Waals surface area contributed by atoms with Crippen LogP contribution in [0.1, 0.15) is 0 Å². The Morgan fingerprint density at radius 1 is 1.17 bits per heavy atom. The van der Waals surface area contributed by atoms with Gasteiger partial charge in [-0.3, -0.25) is 8.42 Å². The van der Waals surface area contributed by atoms with Crippen molar-refractivity contribution in [3.63, 3.8) is 0 Å². The van der Waals surface area contributed by atoms with Crippen LogP contribution < -0.4 is 17.0 Å². The lowest BCUT2D eigenvalue weighted by molar-refractivity contribution is -0.128. The molecule has 0 aliphatic heterocycles. The minimum Gasteiger partial charge on any atom is -0.759 e. The van der Waals surface area contributed by atoms with Crippen LogP contribution in [-0.2, 0) is 15.2 Å². The smallest absolute Gasteiger partial charge is 0.335 e. The molecule has 0 amide bonds. The maximum atomic E-state index is 10.6. The average Bonchev–Trinajstić information content (AvgIpc) is 2.16. The largest absolute Gasteiger partial charge is 0.759 e. The van der Waals surface area contributed by atoms with Crippen LogP contribution in [0, 0.1) is 0 Å². The maximum Gasteiger partial charge on any atom is 0.335 e. The second-order valence-corrected chi connectivity index (χ2v) is 3.16. The lowest BCUT2D eigenvalue weighted by atomic mass is 10.3. The number of quaternary nitrogens is 2. The summed E-state index contributed by atoms with van der Waals surface area (Å²) in [6.07, 6.45) is 1.13. The van der Waals surface area contributed by atoms with Crippen LogP contribution in [0.2, 0.25) is 0 Å².